The molecule has 162 valence electrons. The van der Waals surface area contributed by atoms with Gasteiger partial charge in [-0.3, -0.25) is 19.4 Å². The Morgan fingerprint density at radius 2 is 2.10 bits per heavy atom. The first-order valence-corrected chi connectivity index (χ1v) is 11.1. The van der Waals surface area contributed by atoms with Gasteiger partial charge < -0.3 is 20.1 Å². The average molecular weight is 479 g/mol. The van der Waals surface area contributed by atoms with Crippen LogP contribution in [0, 0.1) is 0 Å². The third-order valence-electron chi connectivity index (χ3n) is 5.89. The van der Waals surface area contributed by atoms with Crippen molar-refractivity contribution in [2.24, 2.45) is 0 Å². The number of amides is 1. The van der Waals surface area contributed by atoms with Gasteiger partial charge in [0.1, 0.15) is 6.04 Å². The number of nitrogens with one attached hydrogen (secondary N) is 2. The predicted octanol–water partition coefficient (Wildman–Crippen LogP) is 1.97. The zero-order valence-electron chi connectivity index (χ0n) is 16.8. The van der Waals surface area contributed by atoms with Gasteiger partial charge in [0.2, 0.25) is 5.91 Å². The second kappa shape index (κ2) is 9.47. The number of fused-ring (bicyclic) bond motifs is 1. The van der Waals surface area contributed by atoms with E-state index >= 15 is 0 Å². The monoisotopic (exact) mass is 478 g/mol. The number of ether oxygens (including phenoxy) is 1. The molecule has 2 aliphatic heterocycles. The molecular formula is C21H27BrN4O4. The first-order chi connectivity index (χ1) is 14.5. The van der Waals surface area contributed by atoms with E-state index in [0.717, 1.165) is 40.4 Å². The number of H-pyrrole nitrogens is 1. The van der Waals surface area contributed by atoms with E-state index < -0.39 is 12.0 Å². The fraction of sp³-hybridized carbons (Fsp3) is 0.524. The topological polar surface area (TPSA) is 97.9 Å². The van der Waals surface area contributed by atoms with Crippen molar-refractivity contribution in [3.8, 4) is 0 Å². The SMILES string of the molecule is O=C(CN1CCN(C(C(=O)O)c2c[nH]c3ccc(Br)cc23)CC1)NCC1CCCO1. The van der Waals surface area contributed by atoms with Crippen molar-refractivity contribution in [3.05, 3.63) is 34.4 Å². The van der Waals surface area contributed by atoms with Gasteiger partial charge in [0.15, 0.2) is 0 Å². The second-order valence-electron chi connectivity index (χ2n) is 7.93. The highest BCUT2D eigenvalue weighted by Gasteiger charge is 2.32. The third kappa shape index (κ3) is 4.85. The van der Waals surface area contributed by atoms with Crippen LogP contribution in [0.15, 0.2) is 28.9 Å². The Hall–Kier alpha value is -1.94. The van der Waals surface area contributed by atoms with E-state index in [1.807, 2.05) is 23.1 Å². The quantitative estimate of drug-likeness (QED) is 0.562. The summed E-state index contributed by atoms with van der Waals surface area (Å²) in [4.78, 5) is 31.6. The van der Waals surface area contributed by atoms with Gasteiger partial charge in [-0.05, 0) is 31.0 Å². The van der Waals surface area contributed by atoms with Crippen molar-refractivity contribution < 1.29 is 19.4 Å². The van der Waals surface area contributed by atoms with E-state index in [4.69, 9.17) is 4.74 Å². The molecule has 30 heavy (non-hydrogen) atoms. The summed E-state index contributed by atoms with van der Waals surface area (Å²) in [6.45, 7) is 4.18. The van der Waals surface area contributed by atoms with Gasteiger partial charge in [-0.25, -0.2) is 0 Å². The van der Waals surface area contributed by atoms with Crippen LogP contribution in [-0.4, -0.2) is 83.7 Å². The van der Waals surface area contributed by atoms with E-state index in [1.165, 1.54) is 0 Å². The molecule has 0 saturated carbocycles. The van der Waals surface area contributed by atoms with Gasteiger partial charge in [0, 0.05) is 66.5 Å². The predicted molar refractivity (Wildman–Crippen MR) is 116 cm³/mol. The second-order valence-corrected chi connectivity index (χ2v) is 8.84. The summed E-state index contributed by atoms with van der Waals surface area (Å²) < 4.78 is 6.45. The van der Waals surface area contributed by atoms with E-state index in [2.05, 4.69) is 31.1 Å². The average Bonchev–Trinajstić information content (AvgIpc) is 3.38. The molecule has 1 aromatic heterocycles. The lowest BCUT2D eigenvalue weighted by atomic mass is 10.0. The number of carboxylic acids is 1. The molecule has 2 aliphatic rings. The van der Waals surface area contributed by atoms with Crippen LogP contribution in [0.4, 0.5) is 0 Å². The number of carbonyl (C=O) groups excluding carboxylic acids is 1. The molecule has 8 nitrogen and oxygen atoms in total. The molecule has 2 atom stereocenters. The van der Waals surface area contributed by atoms with Crippen LogP contribution < -0.4 is 5.32 Å². The molecule has 4 rings (SSSR count). The molecule has 2 unspecified atom stereocenters. The normalized spacial score (nSPS) is 21.7. The minimum absolute atomic E-state index is 0.00443. The minimum Gasteiger partial charge on any atom is -0.480 e. The van der Waals surface area contributed by atoms with Crippen LogP contribution in [0.1, 0.15) is 24.4 Å². The summed E-state index contributed by atoms with van der Waals surface area (Å²) in [5.41, 5.74) is 1.68. The van der Waals surface area contributed by atoms with Gasteiger partial charge in [-0.1, -0.05) is 15.9 Å². The van der Waals surface area contributed by atoms with Crippen LogP contribution >= 0.6 is 15.9 Å². The number of aromatic amines is 1. The molecule has 0 spiro atoms. The minimum atomic E-state index is -0.862. The lowest BCUT2D eigenvalue weighted by Crippen LogP contribution is -2.51. The first-order valence-electron chi connectivity index (χ1n) is 10.4. The number of carbonyl (C=O) groups is 2. The molecule has 3 heterocycles. The number of benzene rings is 1. The highest BCUT2D eigenvalue weighted by Crippen LogP contribution is 2.31. The Kier molecular flexibility index (Phi) is 6.72. The van der Waals surface area contributed by atoms with Crippen LogP contribution in [0.3, 0.4) is 0 Å². The van der Waals surface area contributed by atoms with Crippen molar-refractivity contribution >= 4 is 38.7 Å². The molecule has 1 amide bonds. The van der Waals surface area contributed by atoms with Gasteiger partial charge in [0.05, 0.1) is 12.6 Å². The number of halogens is 1. The zero-order chi connectivity index (χ0) is 21.1. The molecular weight excluding hydrogens is 452 g/mol. The van der Waals surface area contributed by atoms with Crippen molar-refractivity contribution in [1.29, 1.82) is 0 Å². The maximum Gasteiger partial charge on any atom is 0.325 e. The number of rotatable bonds is 7. The fourth-order valence-corrected chi connectivity index (χ4v) is 4.66. The smallest absolute Gasteiger partial charge is 0.325 e. The van der Waals surface area contributed by atoms with Crippen molar-refractivity contribution in [2.75, 3.05) is 45.9 Å². The largest absolute Gasteiger partial charge is 0.480 e. The lowest BCUT2D eigenvalue weighted by molar-refractivity contribution is -0.144. The maximum atomic E-state index is 12.2. The molecule has 0 bridgehead atoms. The van der Waals surface area contributed by atoms with E-state index in [1.54, 1.807) is 6.20 Å². The van der Waals surface area contributed by atoms with Gasteiger partial charge >= 0.3 is 5.97 Å². The van der Waals surface area contributed by atoms with E-state index in [9.17, 15) is 14.7 Å². The Labute approximate surface area is 183 Å². The highest BCUT2D eigenvalue weighted by atomic mass is 79.9. The molecule has 3 N–H and O–H groups in total. The maximum absolute atomic E-state index is 12.2. The number of hydrogen-bond donors (Lipinski definition) is 3. The lowest BCUT2D eigenvalue weighted by Gasteiger charge is -2.37. The Morgan fingerprint density at radius 1 is 1.30 bits per heavy atom. The number of carboxylic acid groups (broad SMARTS) is 1. The summed E-state index contributed by atoms with van der Waals surface area (Å²) >= 11 is 3.47. The third-order valence-corrected chi connectivity index (χ3v) is 6.39. The highest BCUT2D eigenvalue weighted by molar-refractivity contribution is 9.10. The molecule has 2 saturated heterocycles. The molecule has 0 aliphatic carbocycles. The summed E-state index contributed by atoms with van der Waals surface area (Å²) in [5.74, 6) is -0.867. The van der Waals surface area contributed by atoms with Gasteiger partial charge in [0.25, 0.3) is 0 Å². The Morgan fingerprint density at radius 3 is 2.80 bits per heavy atom. The summed E-state index contributed by atoms with van der Waals surface area (Å²) in [6.07, 6.45) is 3.99. The Bertz CT molecular complexity index is 904. The molecule has 9 heteroatoms. The Balaban J connectivity index is 1.35. The van der Waals surface area contributed by atoms with E-state index in [0.29, 0.717) is 39.3 Å². The molecule has 1 aromatic carbocycles. The zero-order valence-corrected chi connectivity index (χ0v) is 18.4. The number of nitrogens with zero attached hydrogens (tertiary/aromatic N) is 2. The number of aromatic nitrogens is 1. The van der Waals surface area contributed by atoms with Crippen LogP contribution in [-0.2, 0) is 14.3 Å². The van der Waals surface area contributed by atoms with Crippen molar-refractivity contribution in [1.82, 2.24) is 20.1 Å². The van der Waals surface area contributed by atoms with Gasteiger partial charge in [-0.15, -0.1) is 0 Å². The van der Waals surface area contributed by atoms with Crippen LogP contribution in [0.5, 0.6) is 0 Å². The first kappa shape index (κ1) is 21.3. The molecule has 2 aromatic rings. The summed E-state index contributed by atoms with van der Waals surface area (Å²) in [6, 6.07) is 5.10. The summed E-state index contributed by atoms with van der Waals surface area (Å²) in [7, 11) is 0. The van der Waals surface area contributed by atoms with Gasteiger partial charge in [-0.2, -0.15) is 0 Å². The van der Waals surface area contributed by atoms with Crippen molar-refractivity contribution in [3.63, 3.8) is 0 Å². The van der Waals surface area contributed by atoms with Crippen molar-refractivity contribution in [2.45, 2.75) is 25.0 Å². The van der Waals surface area contributed by atoms with Crippen LogP contribution in [0.25, 0.3) is 10.9 Å². The molecule has 0 radical (unpaired) electrons. The van der Waals surface area contributed by atoms with E-state index in [-0.39, 0.29) is 12.0 Å². The fourth-order valence-electron chi connectivity index (χ4n) is 4.30. The number of hydrogen-bond acceptors (Lipinski definition) is 5. The summed E-state index contributed by atoms with van der Waals surface area (Å²) in [5, 5.41) is 13.8. The number of piperazine rings is 1. The molecule has 2 fully saturated rings. The number of aliphatic carboxylic acids is 1. The standard InChI is InChI=1S/C21H27BrN4O4/c22-14-3-4-18-16(10-14)17(12-23-18)20(21(28)29)26-7-5-25(6-8-26)13-19(27)24-11-15-2-1-9-30-15/h3-4,10,12,15,20,23H,1-2,5-9,11,13H2,(H,24,27)(H,28,29). The van der Waals surface area contributed by atoms with Crippen LogP contribution in [0.2, 0.25) is 0 Å².